The lowest BCUT2D eigenvalue weighted by Gasteiger charge is -2.32. The van der Waals surface area contributed by atoms with Crippen LogP contribution in [0, 0.1) is 6.92 Å². The Morgan fingerprint density at radius 1 is 1.25 bits per heavy atom. The zero-order chi connectivity index (χ0) is 16.7. The largest absolute Gasteiger partial charge is 0.373 e. The Bertz CT molecular complexity index is 843. The molecule has 0 spiro atoms. The second kappa shape index (κ2) is 5.52. The first-order chi connectivity index (χ1) is 11.7. The number of benzene rings is 1. The van der Waals surface area contributed by atoms with Crippen molar-refractivity contribution >= 4 is 29.5 Å². The number of fused-ring (bicyclic) bond motifs is 3. The molecule has 1 aromatic heterocycles. The SMILES string of the molecule is CNc1ccc2c(n1)N1C=NNC1N=C2N(C)c1cccc(C)c1. The lowest BCUT2D eigenvalue weighted by Crippen LogP contribution is -2.44. The van der Waals surface area contributed by atoms with Crippen LogP contribution in [0.2, 0.25) is 0 Å². The maximum Gasteiger partial charge on any atom is 0.219 e. The van der Waals surface area contributed by atoms with E-state index < -0.39 is 0 Å². The van der Waals surface area contributed by atoms with Gasteiger partial charge < -0.3 is 10.2 Å². The predicted molar refractivity (Wildman–Crippen MR) is 97.8 cm³/mol. The van der Waals surface area contributed by atoms with Crippen molar-refractivity contribution in [3.63, 3.8) is 0 Å². The molecule has 0 amide bonds. The molecule has 0 radical (unpaired) electrons. The number of aryl methyl sites for hydroxylation is 1. The Labute approximate surface area is 140 Å². The molecule has 3 heterocycles. The third-order valence-electron chi connectivity index (χ3n) is 4.20. The number of amidine groups is 1. The van der Waals surface area contributed by atoms with Crippen molar-refractivity contribution in [2.45, 2.75) is 13.2 Å². The van der Waals surface area contributed by atoms with Gasteiger partial charge in [0.15, 0.2) is 0 Å². The molecule has 122 valence electrons. The average molecular weight is 321 g/mol. The van der Waals surface area contributed by atoms with E-state index in [-0.39, 0.29) is 6.29 Å². The van der Waals surface area contributed by atoms with Crippen LogP contribution in [0.4, 0.5) is 17.3 Å². The zero-order valence-electron chi connectivity index (χ0n) is 13.9. The van der Waals surface area contributed by atoms with E-state index in [1.807, 2.05) is 31.1 Å². The minimum atomic E-state index is -0.264. The lowest BCUT2D eigenvalue weighted by atomic mass is 10.1. The van der Waals surface area contributed by atoms with E-state index >= 15 is 0 Å². The Morgan fingerprint density at radius 3 is 2.92 bits per heavy atom. The second-order valence-corrected chi connectivity index (χ2v) is 5.82. The van der Waals surface area contributed by atoms with Crippen LogP contribution < -0.4 is 20.5 Å². The summed E-state index contributed by atoms with van der Waals surface area (Å²) in [5, 5.41) is 7.21. The van der Waals surface area contributed by atoms with Crippen molar-refractivity contribution in [2.24, 2.45) is 10.1 Å². The monoisotopic (exact) mass is 321 g/mol. The van der Waals surface area contributed by atoms with Gasteiger partial charge in [-0.3, -0.25) is 10.3 Å². The van der Waals surface area contributed by atoms with Crippen LogP contribution in [0.5, 0.6) is 0 Å². The molecule has 4 rings (SSSR count). The number of hydrogen-bond donors (Lipinski definition) is 2. The second-order valence-electron chi connectivity index (χ2n) is 5.82. The number of hydrogen-bond acceptors (Lipinski definition) is 7. The molecule has 7 heteroatoms. The smallest absolute Gasteiger partial charge is 0.219 e. The number of aromatic nitrogens is 1. The Hall–Kier alpha value is -3.09. The number of nitrogens with zero attached hydrogens (tertiary/aromatic N) is 5. The molecule has 24 heavy (non-hydrogen) atoms. The summed E-state index contributed by atoms with van der Waals surface area (Å²) in [4.78, 5) is 13.5. The number of nitrogens with one attached hydrogen (secondary N) is 2. The normalized spacial score (nSPS) is 17.7. The molecule has 2 N–H and O–H groups in total. The first-order valence-electron chi connectivity index (χ1n) is 7.82. The van der Waals surface area contributed by atoms with Crippen LogP contribution in [0.3, 0.4) is 0 Å². The van der Waals surface area contributed by atoms with Crippen LogP contribution in [0.1, 0.15) is 11.1 Å². The molecular weight excluding hydrogens is 302 g/mol. The van der Waals surface area contributed by atoms with E-state index in [4.69, 9.17) is 9.98 Å². The maximum absolute atomic E-state index is 4.82. The number of anilines is 3. The van der Waals surface area contributed by atoms with Gasteiger partial charge in [0.1, 0.15) is 23.8 Å². The molecule has 2 aromatic rings. The van der Waals surface area contributed by atoms with Gasteiger partial charge in [-0.1, -0.05) is 12.1 Å². The molecular formula is C17H19N7. The van der Waals surface area contributed by atoms with Crippen molar-refractivity contribution in [2.75, 3.05) is 29.2 Å². The van der Waals surface area contributed by atoms with E-state index in [9.17, 15) is 0 Å². The van der Waals surface area contributed by atoms with Crippen molar-refractivity contribution < 1.29 is 0 Å². The minimum absolute atomic E-state index is 0.264. The van der Waals surface area contributed by atoms with Crippen LogP contribution in [-0.2, 0) is 0 Å². The van der Waals surface area contributed by atoms with Gasteiger partial charge in [0.05, 0.1) is 5.56 Å². The molecule has 2 aliphatic rings. The van der Waals surface area contributed by atoms with Gasteiger partial charge in [0.25, 0.3) is 0 Å². The Kier molecular flexibility index (Phi) is 3.34. The summed E-state index contributed by atoms with van der Waals surface area (Å²) < 4.78 is 0. The molecule has 7 nitrogen and oxygen atoms in total. The van der Waals surface area contributed by atoms with Gasteiger partial charge in [0, 0.05) is 19.8 Å². The zero-order valence-corrected chi connectivity index (χ0v) is 13.9. The lowest BCUT2D eigenvalue weighted by molar-refractivity contribution is 0.599. The van der Waals surface area contributed by atoms with Crippen LogP contribution >= 0.6 is 0 Å². The fraction of sp³-hybridized carbons (Fsp3) is 0.235. The van der Waals surface area contributed by atoms with Crippen LogP contribution in [0.15, 0.2) is 46.5 Å². The molecule has 0 bridgehead atoms. The molecule has 0 fully saturated rings. The Balaban J connectivity index is 1.81. The number of hydrazone groups is 1. The van der Waals surface area contributed by atoms with Crippen molar-refractivity contribution in [1.82, 2.24) is 10.4 Å². The highest BCUT2D eigenvalue weighted by atomic mass is 15.6. The van der Waals surface area contributed by atoms with Gasteiger partial charge in [-0.2, -0.15) is 5.10 Å². The van der Waals surface area contributed by atoms with E-state index in [2.05, 4.69) is 51.9 Å². The maximum atomic E-state index is 4.82. The summed E-state index contributed by atoms with van der Waals surface area (Å²) in [5.41, 5.74) is 6.28. The van der Waals surface area contributed by atoms with Crippen molar-refractivity contribution in [1.29, 1.82) is 0 Å². The van der Waals surface area contributed by atoms with Gasteiger partial charge >= 0.3 is 0 Å². The molecule has 0 saturated carbocycles. The topological polar surface area (TPSA) is 68.1 Å². The molecule has 1 atom stereocenters. The molecule has 1 unspecified atom stereocenters. The van der Waals surface area contributed by atoms with E-state index in [0.29, 0.717) is 0 Å². The quantitative estimate of drug-likeness (QED) is 0.885. The third-order valence-corrected chi connectivity index (χ3v) is 4.20. The average Bonchev–Trinajstić information content (AvgIpc) is 3.08. The van der Waals surface area contributed by atoms with Gasteiger partial charge in [0.2, 0.25) is 6.29 Å². The van der Waals surface area contributed by atoms with E-state index in [0.717, 1.165) is 28.7 Å². The fourth-order valence-corrected chi connectivity index (χ4v) is 2.92. The standard InChI is InChI=1S/C17H19N7/c1-11-5-4-6-12(9-11)23(3)15-13-7-8-14(18-2)20-16(13)24-10-19-22-17(24)21-15/h4-10,17,22H,1-3H3,(H,18,20). The summed E-state index contributed by atoms with van der Waals surface area (Å²) in [6, 6.07) is 12.4. The fourth-order valence-electron chi connectivity index (χ4n) is 2.92. The van der Waals surface area contributed by atoms with Gasteiger partial charge in [-0.25, -0.2) is 9.98 Å². The third kappa shape index (κ3) is 2.25. The minimum Gasteiger partial charge on any atom is -0.373 e. The van der Waals surface area contributed by atoms with Crippen LogP contribution in [-0.4, -0.2) is 37.5 Å². The molecule has 1 aromatic carbocycles. The predicted octanol–water partition coefficient (Wildman–Crippen LogP) is 1.96. The van der Waals surface area contributed by atoms with Crippen molar-refractivity contribution in [3.05, 3.63) is 47.5 Å². The number of rotatable bonds is 2. The van der Waals surface area contributed by atoms with Gasteiger partial charge in [-0.05, 0) is 36.8 Å². The molecule has 0 aliphatic carbocycles. The molecule has 2 aliphatic heterocycles. The summed E-state index contributed by atoms with van der Waals surface area (Å²) in [6.07, 6.45) is 1.46. The summed E-state index contributed by atoms with van der Waals surface area (Å²) >= 11 is 0. The number of aliphatic imine (C=N–C) groups is 1. The highest BCUT2D eigenvalue weighted by Crippen LogP contribution is 2.30. The van der Waals surface area contributed by atoms with Crippen LogP contribution in [0.25, 0.3) is 0 Å². The van der Waals surface area contributed by atoms with Gasteiger partial charge in [-0.15, -0.1) is 0 Å². The van der Waals surface area contributed by atoms with E-state index in [1.165, 1.54) is 5.56 Å². The van der Waals surface area contributed by atoms with E-state index in [1.54, 1.807) is 6.34 Å². The molecule has 0 saturated heterocycles. The summed E-state index contributed by atoms with van der Waals surface area (Å²) in [5.74, 6) is 2.52. The van der Waals surface area contributed by atoms with Crippen molar-refractivity contribution in [3.8, 4) is 0 Å². The summed E-state index contributed by atoms with van der Waals surface area (Å²) in [6.45, 7) is 2.09. The highest BCUT2D eigenvalue weighted by Gasteiger charge is 2.33. The number of pyridine rings is 1. The first kappa shape index (κ1) is 14.5. The first-order valence-corrected chi connectivity index (χ1v) is 7.82. The Morgan fingerprint density at radius 2 is 2.12 bits per heavy atom. The summed E-state index contributed by atoms with van der Waals surface area (Å²) in [7, 11) is 3.88. The highest BCUT2D eigenvalue weighted by molar-refractivity contribution is 6.15.